The highest BCUT2D eigenvalue weighted by Crippen LogP contribution is 2.34. The van der Waals surface area contributed by atoms with Gasteiger partial charge in [-0.15, -0.1) is 0 Å². The number of rotatable bonds is 1. The van der Waals surface area contributed by atoms with E-state index in [1.54, 1.807) is 0 Å². The lowest BCUT2D eigenvalue weighted by molar-refractivity contribution is 0.434. The van der Waals surface area contributed by atoms with Crippen molar-refractivity contribution < 1.29 is 0 Å². The molecule has 3 rings (SSSR count). The summed E-state index contributed by atoms with van der Waals surface area (Å²) in [5, 5.41) is 3.48. The van der Waals surface area contributed by atoms with Crippen LogP contribution in [-0.2, 0) is 6.42 Å². The Hall–Kier alpha value is -1.09. The van der Waals surface area contributed by atoms with Gasteiger partial charge in [0.05, 0.1) is 0 Å². The Kier molecular flexibility index (Phi) is 2.79. The number of hydrogen-bond acceptors (Lipinski definition) is 3. The van der Waals surface area contributed by atoms with Crippen molar-refractivity contribution in [3.05, 3.63) is 23.4 Å². The molecule has 1 aromatic rings. The van der Waals surface area contributed by atoms with Crippen LogP contribution in [0, 0.1) is 0 Å². The van der Waals surface area contributed by atoms with Crippen LogP contribution in [0.2, 0.25) is 0 Å². The largest absolute Gasteiger partial charge is 0.351 e. The third kappa shape index (κ3) is 1.82. The Balaban J connectivity index is 2.02. The lowest BCUT2D eigenvalue weighted by atomic mass is 9.90. The standard InChI is InChI=1S/C14H21N3/c1-10(2)12-5-6-16-14-13(12)4-3-11-9-15-7-8-17(11)14/h5-6,10-11,15H,3-4,7-9H2,1-2H3/t11-/m1/s1. The first kappa shape index (κ1) is 11.0. The van der Waals surface area contributed by atoms with Gasteiger partial charge >= 0.3 is 0 Å². The summed E-state index contributed by atoms with van der Waals surface area (Å²) < 4.78 is 0. The van der Waals surface area contributed by atoms with Gasteiger partial charge in [0, 0.05) is 31.9 Å². The van der Waals surface area contributed by atoms with Gasteiger partial charge < -0.3 is 10.2 Å². The van der Waals surface area contributed by atoms with Gasteiger partial charge in [-0.1, -0.05) is 13.8 Å². The number of anilines is 1. The maximum atomic E-state index is 4.64. The van der Waals surface area contributed by atoms with Crippen LogP contribution in [0.3, 0.4) is 0 Å². The second-order valence-corrected chi connectivity index (χ2v) is 5.45. The number of fused-ring (bicyclic) bond motifs is 3. The summed E-state index contributed by atoms with van der Waals surface area (Å²) >= 11 is 0. The van der Waals surface area contributed by atoms with E-state index in [4.69, 9.17) is 0 Å². The Bertz CT molecular complexity index is 414. The average molecular weight is 231 g/mol. The van der Waals surface area contributed by atoms with Crippen molar-refractivity contribution in [2.75, 3.05) is 24.5 Å². The van der Waals surface area contributed by atoms with Crippen molar-refractivity contribution in [1.82, 2.24) is 10.3 Å². The highest BCUT2D eigenvalue weighted by molar-refractivity contribution is 5.55. The molecule has 3 nitrogen and oxygen atoms in total. The zero-order chi connectivity index (χ0) is 11.8. The molecule has 2 aliphatic rings. The van der Waals surface area contributed by atoms with Gasteiger partial charge in [-0.25, -0.2) is 4.98 Å². The summed E-state index contributed by atoms with van der Waals surface area (Å²) in [5.74, 6) is 1.86. The topological polar surface area (TPSA) is 28.2 Å². The summed E-state index contributed by atoms with van der Waals surface area (Å²) in [6.07, 6.45) is 4.45. The Morgan fingerprint density at radius 2 is 2.35 bits per heavy atom. The monoisotopic (exact) mass is 231 g/mol. The van der Waals surface area contributed by atoms with Gasteiger partial charge in [-0.2, -0.15) is 0 Å². The second kappa shape index (κ2) is 4.30. The van der Waals surface area contributed by atoms with Crippen LogP contribution in [0.25, 0.3) is 0 Å². The molecule has 0 amide bonds. The molecule has 3 heteroatoms. The van der Waals surface area contributed by atoms with Crippen LogP contribution in [0.5, 0.6) is 0 Å². The number of piperazine rings is 1. The molecular weight excluding hydrogens is 210 g/mol. The van der Waals surface area contributed by atoms with Crippen molar-refractivity contribution in [3.63, 3.8) is 0 Å². The minimum atomic E-state index is 0.603. The molecule has 0 spiro atoms. The zero-order valence-corrected chi connectivity index (χ0v) is 10.7. The molecule has 17 heavy (non-hydrogen) atoms. The molecule has 0 radical (unpaired) electrons. The van der Waals surface area contributed by atoms with Gasteiger partial charge in [-0.05, 0) is 36.0 Å². The Morgan fingerprint density at radius 1 is 1.47 bits per heavy atom. The number of hydrogen-bond donors (Lipinski definition) is 1. The fraction of sp³-hybridized carbons (Fsp3) is 0.643. The van der Waals surface area contributed by atoms with E-state index in [1.807, 2.05) is 6.20 Å². The van der Waals surface area contributed by atoms with Crippen molar-refractivity contribution >= 4 is 5.82 Å². The first-order chi connectivity index (χ1) is 8.27. The molecule has 0 saturated carbocycles. The van der Waals surface area contributed by atoms with E-state index in [1.165, 1.54) is 29.8 Å². The Labute approximate surface area is 103 Å². The van der Waals surface area contributed by atoms with Crippen LogP contribution in [0.1, 0.15) is 37.3 Å². The normalized spacial score (nSPS) is 23.5. The summed E-state index contributed by atoms with van der Waals surface area (Å²) in [6, 6.07) is 2.86. The summed E-state index contributed by atoms with van der Waals surface area (Å²) in [7, 11) is 0. The van der Waals surface area contributed by atoms with Gasteiger partial charge in [0.25, 0.3) is 0 Å². The second-order valence-electron chi connectivity index (χ2n) is 5.45. The van der Waals surface area contributed by atoms with Crippen molar-refractivity contribution in [1.29, 1.82) is 0 Å². The average Bonchev–Trinajstić information content (AvgIpc) is 2.37. The summed E-state index contributed by atoms with van der Waals surface area (Å²) in [5.41, 5.74) is 2.99. The smallest absolute Gasteiger partial charge is 0.132 e. The molecule has 0 aliphatic carbocycles. The zero-order valence-electron chi connectivity index (χ0n) is 10.7. The molecule has 1 N–H and O–H groups in total. The number of nitrogens with one attached hydrogen (secondary N) is 1. The maximum absolute atomic E-state index is 4.64. The molecule has 0 bridgehead atoms. The van der Waals surface area contributed by atoms with Crippen molar-refractivity contribution in [2.24, 2.45) is 0 Å². The lowest BCUT2D eigenvalue weighted by Gasteiger charge is -2.42. The fourth-order valence-corrected chi connectivity index (χ4v) is 3.15. The van der Waals surface area contributed by atoms with Crippen LogP contribution in [0.4, 0.5) is 5.82 Å². The van der Waals surface area contributed by atoms with Crippen molar-refractivity contribution in [3.8, 4) is 0 Å². The third-order valence-electron chi connectivity index (χ3n) is 4.04. The first-order valence-corrected chi connectivity index (χ1v) is 6.72. The quantitative estimate of drug-likeness (QED) is 0.800. The molecule has 92 valence electrons. The first-order valence-electron chi connectivity index (χ1n) is 6.72. The van der Waals surface area contributed by atoms with Crippen LogP contribution < -0.4 is 10.2 Å². The van der Waals surface area contributed by atoms with Gasteiger partial charge in [0.1, 0.15) is 5.82 Å². The van der Waals surface area contributed by atoms with E-state index in [-0.39, 0.29) is 0 Å². The molecule has 3 heterocycles. The van der Waals surface area contributed by atoms with Gasteiger partial charge in [-0.3, -0.25) is 0 Å². The molecule has 1 aromatic heterocycles. The SMILES string of the molecule is CC(C)c1ccnc2c1CC[C@@H]1CNCCN21. The minimum Gasteiger partial charge on any atom is -0.351 e. The summed E-state index contributed by atoms with van der Waals surface area (Å²) in [4.78, 5) is 7.16. The van der Waals surface area contributed by atoms with Crippen LogP contribution in [0.15, 0.2) is 12.3 Å². The minimum absolute atomic E-state index is 0.603. The van der Waals surface area contributed by atoms with Gasteiger partial charge in [0.2, 0.25) is 0 Å². The highest BCUT2D eigenvalue weighted by Gasteiger charge is 2.30. The molecule has 0 unspecified atom stereocenters. The van der Waals surface area contributed by atoms with Crippen LogP contribution >= 0.6 is 0 Å². The maximum Gasteiger partial charge on any atom is 0.132 e. The Morgan fingerprint density at radius 3 is 3.18 bits per heavy atom. The fourth-order valence-electron chi connectivity index (χ4n) is 3.15. The van der Waals surface area contributed by atoms with E-state index in [9.17, 15) is 0 Å². The number of pyridine rings is 1. The van der Waals surface area contributed by atoms with E-state index in [0.717, 1.165) is 19.6 Å². The van der Waals surface area contributed by atoms with E-state index in [2.05, 4.69) is 35.1 Å². The van der Waals surface area contributed by atoms with E-state index < -0.39 is 0 Å². The van der Waals surface area contributed by atoms with Crippen molar-refractivity contribution in [2.45, 2.75) is 38.6 Å². The molecular formula is C14H21N3. The number of nitrogens with zero attached hydrogens (tertiary/aromatic N) is 2. The highest BCUT2D eigenvalue weighted by atomic mass is 15.3. The molecule has 1 atom stereocenters. The van der Waals surface area contributed by atoms with Crippen LogP contribution in [-0.4, -0.2) is 30.7 Å². The molecule has 0 aromatic carbocycles. The predicted molar refractivity (Wildman–Crippen MR) is 70.7 cm³/mol. The van der Waals surface area contributed by atoms with Gasteiger partial charge in [0.15, 0.2) is 0 Å². The summed E-state index contributed by atoms with van der Waals surface area (Å²) in [6.45, 7) is 7.86. The van der Waals surface area contributed by atoms with E-state index in [0.29, 0.717) is 12.0 Å². The predicted octanol–water partition coefficient (Wildman–Crippen LogP) is 1.93. The third-order valence-corrected chi connectivity index (χ3v) is 4.04. The van der Waals surface area contributed by atoms with E-state index >= 15 is 0 Å². The number of aromatic nitrogens is 1. The molecule has 2 aliphatic heterocycles. The lowest BCUT2D eigenvalue weighted by Crippen LogP contribution is -2.53. The molecule has 1 saturated heterocycles. The molecule has 1 fully saturated rings.